The van der Waals surface area contributed by atoms with Crippen LogP contribution >= 0.6 is 24.0 Å². The highest BCUT2D eigenvalue weighted by atomic mass is 127. The molecule has 0 aliphatic heterocycles. The molecule has 2 N–H and O–H groups in total. The van der Waals surface area contributed by atoms with Crippen molar-refractivity contribution < 1.29 is 4.74 Å². The maximum atomic E-state index is 5.41. The summed E-state index contributed by atoms with van der Waals surface area (Å²) in [4.78, 5) is 6.93. The van der Waals surface area contributed by atoms with E-state index in [0.29, 0.717) is 6.54 Å². The summed E-state index contributed by atoms with van der Waals surface area (Å²) in [5.74, 6) is 1.67. The highest BCUT2D eigenvalue weighted by molar-refractivity contribution is 14.0. The molecule has 2 aromatic rings. The van der Waals surface area contributed by atoms with Crippen LogP contribution in [0.2, 0.25) is 0 Å². The molecule has 0 saturated carbocycles. The molecule has 2 aromatic carbocycles. The summed E-state index contributed by atoms with van der Waals surface area (Å²) >= 11 is 0. The van der Waals surface area contributed by atoms with Gasteiger partial charge >= 0.3 is 0 Å². The first-order valence-corrected chi connectivity index (χ1v) is 9.01. The second-order valence-electron chi connectivity index (χ2n) is 6.28. The normalized spacial score (nSPS) is 12.3. The van der Waals surface area contributed by atoms with E-state index in [9.17, 15) is 0 Å². The predicted octanol–water partition coefficient (Wildman–Crippen LogP) is 3.67. The van der Waals surface area contributed by atoms with Crippen LogP contribution in [0.3, 0.4) is 0 Å². The molecule has 0 fully saturated rings. The Labute approximate surface area is 180 Å². The summed E-state index contributed by atoms with van der Waals surface area (Å²) in [7, 11) is 5.88. The first-order chi connectivity index (χ1) is 12.7. The predicted molar refractivity (Wildman–Crippen MR) is 124 cm³/mol. The molecule has 0 bridgehead atoms. The number of nitrogens with one attached hydrogen (secondary N) is 2. The topological polar surface area (TPSA) is 48.9 Å². The molecule has 1 unspecified atom stereocenters. The zero-order valence-electron chi connectivity index (χ0n) is 16.6. The number of benzene rings is 2. The lowest BCUT2D eigenvalue weighted by Gasteiger charge is -2.26. The van der Waals surface area contributed by atoms with Crippen LogP contribution in [0.4, 0.5) is 0 Å². The lowest BCUT2D eigenvalue weighted by molar-refractivity contribution is 0.298. The Kier molecular flexibility index (Phi) is 10.8. The maximum absolute atomic E-state index is 5.41. The number of methoxy groups -OCH3 is 1. The molecule has 0 amide bonds. The van der Waals surface area contributed by atoms with Crippen LogP contribution in [0.25, 0.3) is 0 Å². The monoisotopic (exact) mass is 482 g/mol. The Hall–Kier alpha value is -1.80. The number of guanidine groups is 1. The van der Waals surface area contributed by atoms with Crippen LogP contribution in [-0.4, -0.2) is 45.2 Å². The molecule has 5 nitrogen and oxygen atoms in total. The smallest absolute Gasteiger partial charge is 0.191 e. The lowest BCUT2D eigenvalue weighted by atomic mass is 10.1. The van der Waals surface area contributed by atoms with Gasteiger partial charge in [0.1, 0.15) is 5.75 Å². The number of ether oxygens (including phenoxy) is 1. The summed E-state index contributed by atoms with van der Waals surface area (Å²) in [6.45, 7) is 4.22. The van der Waals surface area contributed by atoms with Gasteiger partial charge in [0.05, 0.1) is 19.7 Å². The van der Waals surface area contributed by atoms with E-state index in [0.717, 1.165) is 30.4 Å². The van der Waals surface area contributed by atoms with E-state index in [-0.39, 0.29) is 30.0 Å². The van der Waals surface area contributed by atoms with Crippen molar-refractivity contribution in [2.45, 2.75) is 19.5 Å². The third-order valence-corrected chi connectivity index (χ3v) is 4.21. The van der Waals surface area contributed by atoms with Crippen molar-refractivity contribution in [3.05, 3.63) is 65.7 Å². The molecule has 6 heteroatoms. The van der Waals surface area contributed by atoms with Gasteiger partial charge in [-0.2, -0.15) is 0 Å². The Morgan fingerprint density at radius 3 is 2.33 bits per heavy atom. The molecule has 0 heterocycles. The van der Waals surface area contributed by atoms with Gasteiger partial charge in [0.25, 0.3) is 0 Å². The second kappa shape index (κ2) is 12.6. The molecule has 27 heavy (non-hydrogen) atoms. The van der Waals surface area contributed by atoms with Gasteiger partial charge in [-0.3, -0.25) is 0 Å². The van der Waals surface area contributed by atoms with Crippen molar-refractivity contribution in [3.63, 3.8) is 0 Å². The summed E-state index contributed by atoms with van der Waals surface area (Å²) in [6.07, 6.45) is 0. The van der Waals surface area contributed by atoms with Crippen LogP contribution in [-0.2, 0) is 6.54 Å². The van der Waals surface area contributed by atoms with Gasteiger partial charge in [0.2, 0.25) is 0 Å². The van der Waals surface area contributed by atoms with Gasteiger partial charge in [-0.1, -0.05) is 48.5 Å². The van der Waals surface area contributed by atoms with Crippen molar-refractivity contribution in [1.82, 2.24) is 15.5 Å². The van der Waals surface area contributed by atoms with Gasteiger partial charge < -0.3 is 20.3 Å². The molecule has 1 atom stereocenters. The minimum Gasteiger partial charge on any atom is -0.496 e. The van der Waals surface area contributed by atoms with Gasteiger partial charge in [0.15, 0.2) is 5.96 Å². The summed E-state index contributed by atoms with van der Waals surface area (Å²) in [5.41, 5.74) is 2.35. The quantitative estimate of drug-likeness (QED) is 0.343. The largest absolute Gasteiger partial charge is 0.496 e. The number of likely N-dealkylation sites (N-methyl/N-ethyl adjacent to an activating group) is 1. The second-order valence-corrected chi connectivity index (χ2v) is 6.28. The molecule has 0 aromatic heterocycles. The molecule has 0 saturated heterocycles. The van der Waals surface area contributed by atoms with Crippen LogP contribution in [0.5, 0.6) is 5.75 Å². The molecule has 0 radical (unpaired) electrons. The molecule has 2 rings (SSSR count). The average molecular weight is 482 g/mol. The highest BCUT2D eigenvalue weighted by Gasteiger charge is 2.14. The number of hydrogen-bond acceptors (Lipinski definition) is 3. The number of para-hydroxylation sites is 1. The molecule has 148 valence electrons. The fraction of sp³-hybridized carbons (Fsp3) is 0.381. The van der Waals surface area contributed by atoms with Gasteiger partial charge in [-0.25, -0.2) is 4.99 Å². The van der Waals surface area contributed by atoms with Crippen LogP contribution < -0.4 is 15.4 Å². The Balaban J connectivity index is 0.00000364. The minimum atomic E-state index is 0. The zero-order valence-corrected chi connectivity index (χ0v) is 18.9. The third-order valence-electron chi connectivity index (χ3n) is 4.21. The zero-order chi connectivity index (χ0) is 18.8. The van der Waals surface area contributed by atoms with Crippen LogP contribution in [0.1, 0.15) is 24.1 Å². The number of hydrogen-bond donors (Lipinski definition) is 2. The Morgan fingerprint density at radius 1 is 1.04 bits per heavy atom. The van der Waals surface area contributed by atoms with Gasteiger partial charge in [0, 0.05) is 18.7 Å². The van der Waals surface area contributed by atoms with Crippen LogP contribution in [0, 0.1) is 0 Å². The van der Waals surface area contributed by atoms with Crippen LogP contribution in [0.15, 0.2) is 59.6 Å². The Bertz CT molecular complexity index is 692. The first kappa shape index (κ1) is 23.2. The van der Waals surface area contributed by atoms with E-state index < -0.39 is 0 Å². The minimum absolute atomic E-state index is 0. The fourth-order valence-corrected chi connectivity index (χ4v) is 2.81. The standard InChI is InChI=1S/C21H30N4O.HI/c1-5-22-21(23-15-18-13-9-10-14-20(18)26-4)24-16-19(25(2)3)17-11-7-6-8-12-17;/h6-14,19H,5,15-16H2,1-4H3,(H2,22,23,24);1H. The van der Waals surface area contributed by atoms with E-state index in [1.165, 1.54) is 5.56 Å². The summed E-state index contributed by atoms with van der Waals surface area (Å²) in [6, 6.07) is 18.8. The number of rotatable bonds is 8. The summed E-state index contributed by atoms with van der Waals surface area (Å²) < 4.78 is 5.41. The number of halogens is 1. The molecular weight excluding hydrogens is 451 g/mol. The van der Waals surface area contributed by atoms with Gasteiger partial charge in [-0.05, 0) is 32.6 Å². The van der Waals surface area contributed by atoms with E-state index in [1.54, 1.807) is 7.11 Å². The van der Waals surface area contributed by atoms with Crippen molar-refractivity contribution in [2.75, 3.05) is 34.3 Å². The fourth-order valence-electron chi connectivity index (χ4n) is 2.81. The number of nitrogens with zero attached hydrogens (tertiary/aromatic N) is 2. The molecule has 0 aliphatic rings. The van der Waals surface area contributed by atoms with Gasteiger partial charge in [-0.15, -0.1) is 24.0 Å². The average Bonchev–Trinajstić information content (AvgIpc) is 2.67. The van der Waals surface area contributed by atoms with E-state index in [2.05, 4.69) is 60.8 Å². The van der Waals surface area contributed by atoms with Crippen molar-refractivity contribution in [3.8, 4) is 5.75 Å². The third kappa shape index (κ3) is 7.38. The number of aliphatic imine (C=N–C) groups is 1. The van der Waals surface area contributed by atoms with E-state index >= 15 is 0 Å². The lowest BCUT2D eigenvalue weighted by Crippen LogP contribution is -2.41. The Morgan fingerprint density at radius 2 is 1.70 bits per heavy atom. The van der Waals surface area contributed by atoms with Crippen molar-refractivity contribution in [1.29, 1.82) is 0 Å². The van der Waals surface area contributed by atoms with Crippen molar-refractivity contribution in [2.24, 2.45) is 4.99 Å². The summed E-state index contributed by atoms with van der Waals surface area (Å²) in [5, 5.41) is 6.78. The maximum Gasteiger partial charge on any atom is 0.191 e. The SMILES string of the molecule is CCNC(=NCc1ccccc1OC)NCC(c1ccccc1)N(C)C.I. The molecular formula is C21H31IN4O. The van der Waals surface area contributed by atoms with E-state index in [4.69, 9.17) is 9.73 Å². The van der Waals surface area contributed by atoms with E-state index in [1.807, 2.05) is 30.3 Å². The molecule has 0 spiro atoms. The van der Waals surface area contributed by atoms with Crippen molar-refractivity contribution >= 4 is 29.9 Å². The first-order valence-electron chi connectivity index (χ1n) is 9.01. The molecule has 0 aliphatic carbocycles. The highest BCUT2D eigenvalue weighted by Crippen LogP contribution is 2.18.